The summed E-state index contributed by atoms with van der Waals surface area (Å²) in [5.41, 5.74) is 0.987. The van der Waals surface area contributed by atoms with Crippen LogP contribution in [-0.4, -0.2) is 32.8 Å². The number of hydrogen-bond donors (Lipinski definition) is 2. The molecule has 0 saturated carbocycles. The molecule has 6 heteroatoms. The van der Waals surface area contributed by atoms with E-state index in [1.807, 2.05) is 20.0 Å². The van der Waals surface area contributed by atoms with E-state index in [1.165, 1.54) is 0 Å². The third-order valence-corrected chi connectivity index (χ3v) is 2.95. The maximum atomic E-state index is 11.8. The number of carboxylic acids is 1. The third kappa shape index (κ3) is 5.54. The molecule has 0 unspecified atom stereocenters. The summed E-state index contributed by atoms with van der Waals surface area (Å²) in [6.45, 7) is 1.97. The fourth-order valence-corrected chi connectivity index (χ4v) is 1.97. The van der Waals surface area contributed by atoms with Crippen molar-refractivity contribution in [3.8, 4) is 0 Å². The van der Waals surface area contributed by atoms with E-state index in [4.69, 9.17) is 5.11 Å². The molecule has 106 valence electrons. The highest BCUT2D eigenvalue weighted by atomic mass is 16.4. The zero-order valence-corrected chi connectivity index (χ0v) is 11.4. The van der Waals surface area contributed by atoms with Crippen molar-refractivity contribution in [3.05, 3.63) is 18.0 Å². The quantitative estimate of drug-likeness (QED) is 0.739. The van der Waals surface area contributed by atoms with Gasteiger partial charge < -0.3 is 10.4 Å². The third-order valence-electron chi connectivity index (χ3n) is 2.95. The minimum absolute atomic E-state index is 0.0225. The predicted molar refractivity (Wildman–Crippen MR) is 70.6 cm³/mol. The standard InChI is InChI=1S/C13H21N3O3/c1-3-4-10(9-13(18)19)15-12(17)6-5-11-7-8-14-16(11)2/h7-8,10H,3-6,9H2,1-2H3,(H,15,17)(H,18,19)/t10-/m0/s1. The molecular weight excluding hydrogens is 246 g/mol. The molecule has 1 heterocycles. The van der Waals surface area contributed by atoms with Gasteiger partial charge in [-0.25, -0.2) is 0 Å². The lowest BCUT2D eigenvalue weighted by atomic mass is 10.1. The first-order valence-electron chi connectivity index (χ1n) is 6.51. The highest BCUT2D eigenvalue weighted by Crippen LogP contribution is 2.05. The van der Waals surface area contributed by atoms with E-state index in [2.05, 4.69) is 10.4 Å². The normalized spacial score (nSPS) is 12.1. The fourth-order valence-electron chi connectivity index (χ4n) is 1.97. The Morgan fingerprint density at radius 3 is 2.79 bits per heavy atom. The van der Waals surface area contributed by atoms with Crippen LogP contribution in [0, 0.1) is 0 Å². The molecule has 0 bridgehead atoms. The Balaban J connectivity index is 2.39. The van der Waals surface area contributed by atoms with Gasteiger partial charge in [0.15, 0.2) is 0 Å². The van der Waals surface area contributed by atoms with Gasteiger partial charge in [-0.15, -0.1) is 0 Å². The van der Waals surface area contributed by atoms with E-state index >= 15 is 0 Å². The molecule has 1 aromatic heterocycles. The topological polar surface area (TPSA) is 84.2 Å². The number of amides is 1. The Morgan fingerprint density at radius 1 is 1.53 bits per heavy atom. The number of carbonyl (C=O) groups is 2. The second-order valence-electron chi connectivity index (χ2n) is 4.60. The van der Waals surface area contributed by atoms with Gasteiger partial charge in [0, 0.05) is 31.4 Å². The second kappa shape index (κ2) is 7.56. The Labute approximate surface area is 112 Å². The second-order valence-corrected chi connectivity index (χ2v) is 4.60. The van der Waals surface area contributed by atoms with Gasteiger partial charge >= 0.3 is 5.97 Å². The molecule has 1 amide bonds. The summed E-state index contributed by atoms with van der Waals surface area (Å²) < 4.78 is 1.73. The number of nitrogens with one attached hydrogen (secondary N) is 1. The maximum Gasteiger partial charge on any atom is 0.305 e. The summed E-state index contributed by atoms with van der Waals surface area (Å²) >= 11 is 0. The molecule has 0 fully saturated rings. The Morgan fingerprint density at radius 2 is 2.26 bits per heavy atom. The summed E-state index contributed by atoms with van der Waals surface area (Å²) in [6, 6.07) is 1.59. The highest BCUT2D eigenvalue weighted by molar-refractivity contribution is 5.77. The van der Waals surface area contributed by atoms with Crippen LogP contribution in [0.1, 0.15) is 38.3 Å². The molecule has 2 N–H and O–H groups in total. The van der Waals surface area contributed by atoms with Gasteiger partial charge in [0.1, 0.15) is 0 Å². The van der Waals surface area contributed by atoms with Crippen LogP contribution in [-0.2, 0) is 23.1 Å². The monoisotopic (exact) mass is 267 g/mol. The van der Waals surface area contributed by atoms with Gasteiger partial charge in [-0.05, 0) is 18.9 Å². The zero-order valence-electron chi connectivity index (χ0n) is 11.4. The van der Waals surface area contributed by atoms with Crippen LogP contribution in [0.2, 0.25) is 0 Å². The van der Waals surface area contributed by atoms with Crippen LogP contribution < -0.4 is 5.32 Å². The van der Waals surface area contributed by atoms with Crippen LogP contribution in [0.3, 0.4) is 0 Å². The Hall–Kier alpha value is -1.85. The van der Waals surface area contributed by atoms with E-state index in [-0.39, 0.29) is 18.4 Å². The maximum absolute atomic E-state index is 11.8. The van der Waals surface area contributed by atoms with Gasteiger partial charge in [0.05, 0.1) is 6.42 Å². The summed E-state index contributed by atoms with van der Waals surface area (Å²) in [5.74, 6) is -0.994. The van der Waals surface area contributed by atoms with Crippen molar-refractivity contribution in [1.29, 1.82) is 0 Å². The number of carbonyl (C=O) groups excluding carboxylic acids is 1. The van der Waals surface area contributed by atoms with Crippen LogP contribution >= 0.6 is 0 Å². The molecule has 1 atom stereocenters. The van der Waals surface area contributed by atoms with Crippen LogP contribution in [0.15, 0.2) is 12.3 Å². The number of carboxylic acid groups (broad SMARTS) is 1. The number of aryl methyl sites for hydroxylation is 2. The fraction of sp³-hybridized carbons (Fsp3) is 0.615. The lowest BCUT2D eigenvalue weighted by molar-refractivity contribution is -0.137. The molecule has 0 aromatic carbocycles. The largest absolute Gasteiger partial charge is 0.481 e. The molecule has 19 heavy (non-hydrogen) atoms. The van der Waals surface area contributed by atoms with E-state index in [0.717, 1.165) is 12.1 Å². The smallest absolute Gasteiger partial charge is 0.305 e. The molecular formula is C13H21N3O3. The number of aliphatic carboxylic acids is 1. The number of nitrogens with zero attached hydrogens (tertiary/aromatic N) is 2. The molecule has 0 aliphatic carbocycles. The summed E-state index contributed by atoms with van der Waals surface area (Å²) in [7, 11) is 1.83. The molecule has 6 nitrogen and oxygen atoms in total. The SMILES string of the molecule is CCC[C@@H](CC(=O)O)NC(=O)CCc1ccnn1C. The van der Waals surface area contributed by atoms with Crippen molar-refractivity contribution < 1.29 is 14.7 Å². The molecule has 1 aromatic rings. The van der Waals surface area contributed by atoms with Crippen molar-refractivity contribution >= 4 is 11.9 Å². The van der Waals surface area contributed by atoms with Crippen molar-refractivity contribution in [2.45, 2.75) is 45.1 Å². The molecule has 0 radical (unpaired) electrons. The van der Waals surface area contributed by atoms with Gasteiger partial charge in [-0.3, -0.25) is 14.3 Å². The predicted octanol–water partition coefficient (Wildman–Crippen LogP) is 1.11. The highest BCUT2D eigenvalue weighted by Gasteiger charge is 2.15. The zero-order chi connectivity index (χ0) is 14.3. The molecule has 0 spiro atoms. The number of aromatic nitrogens is 2. The van der Waals surface area contributed by atoms with Crippen LogP contribution in [0.25, 0.3) is 0 Å². The van der Waals surface area contributed by atoms with Gasteiger partial charge in [0.2, 0.25) is 5.91 Å². The molecule has 0 aliphatic rings. The lowest BCUT2D eigenvalue weighted by Gasteiger charge is -2.16. The van der Waals surface area contributed by atoms with Gasteiger partial charge in [0.25, 0.3) is 0 Å². The van der Waals surface area contributed by atoms with Crippen molar-refractivity contribution in [1.82, 2.24) is 15.1 Å². The van der Waals surface area contributed by atoms with E-state index < -0.39 is 5.97 Å². The molecule has 0 aliphatic heterocycles. The first kappa shape index (κ1) is 15.2. The lowest BCUT2D eigenvalue weighted by Crippen LogP contribution is -2.36. The first-order valence-corrected chi connectivity index (χ1v) is 6.51. The summed E-state index contributed by atoms with van der Waals surface area (Å²) in [6.07, 6.45) is 4.15. The van der Waals surface area contributed by atoms with Crippen molar-refractivity contribution in [2.24, 2.45) is 7.05 Å². The molecule has 1 rings (SSSR count). The van der Waals surface area contributed by atoms with E-state index in [1.54, 1.807) is 10.9 Å². The summed E-state index contributed by atoms with van der Waals surface area (Å²) in [5, 5.41) is 15.6. The Bertz CT molecular complexity index is 429. The van der Waals surface area contributed by atoms with Crippen molar-refractivity contribution in [2.75, 3.05) is 0 Å². The van der Waals surface area contributed by atoms with E-state index in [9.17, 15) is 9.59 Å². The van der Waals surface area contributed by atoms with Crippen LogP contribution in [0.4, 0.5) is 0 Å². The number of rotatable bonds is 8. The average molecular weight is 267 g/mol. The Kier molecular flexibility index (Phi) is 6.05. The van der Waals surface area contributed by atoms with Gasteiger partial charge in [-0.1, -0.05) is 13.3 Å². The minimum atomic E-state index is -0.884. The van der Waals surface area contributed by atoms with E-state index in [0.29, 0.717) is 19.3 Å². The van der Waals surface area contributed by atoms with Crippen LogP contribution in [0.5, 0.6) is 0 Å². The average Bonchev–Trinajstić information content (AvgIpc) is 2.71. The molecule has 0 saturated heterocycles. The first-order chi connectivity index (χ1) is 9.02. The number of hydrogen-bond acceptors (Lipinski definition) is 3. The summed E-state index contributed by atoms with van der Waals surface area (Å²) in [4.78, 5) is 22.5. The minimum Gasteiger partial charge on any atom is -0.481 e. The van der Waals surface area contributed by atoms with Crippen molar-refractivity contribution in [3.63, 3.8) is 0 Å². The van der Waals surface area contributed by atoms with Gasteiger partial charge in [-0.2, -0.15) is 5.10 Å².